The van der Waals surface area contributed by atoms with Crippen LogP contribution in [0.1, 0.15) is 33.3 Å². The van der Waals surface area contributed by atoms with Crippen LogP contribution < -0.4 is 0 Å². The lowest BCUT2D eigenvalue weighted by Crippen LogP contribution is -2.53. The molecule has 0 atom stereocenters. The van der Waals surface area contributed by atoms with Crippen LogP contribution in [0, 0.1) is 11.0 Å². The lowest BCUT2D eigenvalue weighted by molar-refractivity contribution is -0.539. The van der Waals surface area contributed by atoms with E-state index in [1.807, 2.05) is 0 Å². The Morgan fingerprint density at radius 2 is 1.78 bits per heavy atom. The van der Waals surface area contributed by atoms with Gasteiger partial charge in [-0.05, 0) is 39.8 Å². The smallest absolute Gasteiger partial charge is 0.316 e. The number of benzene rings is 1. The Morgan fingerprint density at radius 1 is 1.22 bits per heavy atom. The molecule has 0 amide bonds. The van der Waals surface area contributed by atoms with Crippen LogP contribution >= 0.6 is 0 Å². The first-order valence-corrected chi connectivity index (χ1v) is 5.79. The van der Waals surface area contributed by atoms with E-state index in [9.17, 15) is 14.8 Å². The topological polar surface area (TPSA) is 49.5 Å². The van der Waals surface area contributed by atoms with Gasteiger partial charge in [-0.15, -0.1) is 5.06 Å². The maximum Gasteiger partial charge on any atom is 0.316 e. The second-order valence-electron chi connectivity index (χ2n) is 5.53. The lowest BCUT2D eigenvalue weighted by atomic mass is 9.84. The Kier molecular flexibility index (Phi) is 2.63. The van der Waals surface area contributed by atoms with E-state index < -0.39 is 16.9 Å². The van der Waals surface area contributed by atoms with Crippen LogP contribution in [0.15, 0.2) is 24.3 Å². The summed E-state index contributed by atoms with van der Waals surface area (Å²) in [5.74, 6) is -0.580. The number of hydrogen-bond donors (Lipinski definition) is 1. The van der Waals surface area contributed by atoms with E-state index in [1.165, 1.54) is 12.1 Å². The van der Waals surface area contributed by atoms with Crippen molar-refractivity contribution in [2.24, 2.45) is 0 Å². The normalized spacial score (nSPS) is 21.6. The average Bonchev–Trinajstić information content (AvgIpc) is 2.40. The molecule has 5 heteroatoms. The molecule has 1 aliphatic heterocycles. The third-order valence-electron chi connectivity index (χ3n) is 4.04. The van der Waals surface area contributed by atoms with Gasteiger partial charge in [0.25, 0.3) is 0 Å². The standard InChI is InChI=1S/C13H17FN2O2/c1-12(2)13(3,4)16(18)11(15(12)17)9-7-5-6-8-10(9)14/h5-8,17H,1-4H3. The zero-order valence-corrected chi connectivity index (χ0v) is 10.9. The Morgan fingerprint density at radius 3 is 2.22 bits per heavy atom. The summed E-state index contributed by atoms with van der Waals surface area (Å²) >= 11 is 0. The molecule has 98 valence electrons. The SMILES string of the molecule is CC1(C)N(O)C(c2ccccc2F)=[N+]([O-])C1(C)C. The molecule has 18 heavy (non-hydrogen) atoms. The first-order chi connectivity index (χ1) is 8.21. The van der Waals surface area contributed by atoms with Crippen molar-refractivity contribution in [1.82, 2.24) is 5.06 Å². The van der Waals surface area contributed by atoms with Crippen molar-refractivity contribution in [2.45, 2.75) is 38.8 Å². The van der Waals surface area contributed by atoms with Crippen LogP contribution in [-0.2, 0) is 0 Å². The number of amidine groups is 1. The summed E-state index contributed by atoms with van der Waals surface area (Å²) in [5.41, 5.74) is -1.57. The van der Waals surface area contributed by atoms with Gasteiger partial charge >= 0.3 is 5.84 Å². The number of nitrogens with zero attached hydrogens (tertiary/aromatic N) is 2. The Bertz CT molecular complexity index is 523. The minimum Gasteiger partial charge on any atom is -0.714 e. The molecule has 4 nitrogen and oxygen atoms in total. The molecule has 1 N–H and O–H groups in total. The molecule has 0 saturated heterocycles. The summed E-state index contributed by atoms with van der Waals surface area (Å²) in [5, 5.41) is 23.4. The Labute approximate surface area is 106 Å². The first kappa shape index (κ1) is 12.8. The van der Waals surface area contributed by atoms with Crippen molar-refractivity contribution < 1.29 is 14.3 Å². The Hall–Kier alpha value is -1.62. The second kappa shape index (κ2) is 3.68. The molecule has 0 aliphatic carbocycles. The lowest BCUT2D eigenvalue weighted by Gasteiger charge is -2.33. The molecule has 1 aromatic rings. The summed E-state index contributed by atoms with van der Waals surface area (Å²) in [6.45, 7) is 6.92. The predicted molar refractivity (Wildman–Crippen MR) is 65.9 cm³/mol. The van der Waals surface area contributed by atoms with Crippen molar-refractivity contribution in [3.05, 3.63) is 40.9 Å². The van der Waals surface area contributed by atoms with Gasteiger partial charge in [0.1, 0.15) is 16.9 Å². The molecule has 0 bridgehead atoms. The maximum atomic E-state index is 13.8. The highest BCUT2D eigenvalue weighted by molar-refractivity contribution is 5.96. The first-order valence-electron chi connectivity index (χ1n) is 5.79. The van der Waals surface area contributed by atoms with Crippen molar-refractivity contribution in [1.29, 1.82) is 0 Å². The quantitative estimate of drug-likeness (QED) is 0.616. The summed E-state index contributed by atoms with van der Waals surface area (Å²) in [7, 11) is 0. The summed E-state index contributed by atoms with van der Waals surface area (Å²) in [6, 6.07) is 5.92. The van der Waals surface area contributed by atoms with Gasteiger partial charge < -0.3 is 5.21 Å². The van der Waals surface area contributed by atoms with Gasteiger partial charge in [-0.1, -0.05) is 12.1 Å². The van der Waals surface area contributed by atoms with Gasteiger partial charge in [-0.2, -0.15) is 0 Å². The van der Waals surface area contributed by atoms with Crippen molar-refractivity contribution in [2.75, 3.05) is 0 Å². The molecule has 1 aliphatic rings. The van der Waals surface area contributed by atoms with Gasteiger partial charge in [-0.25, -0.2) is 9.60 Å². The van der Waals surface area contributed by atoms with Gasteiger partial charge in [0.05, 0.1) is 0 Å². The molecule has 0 aromatic heterocycles. The van der Waals surface area contributed by atoms with E-state index in [0.29, 0.717) is 4.74 Å². The predicted octanol–water partition coefficient (Wildman–Crippen LogP) is 2.34. The molecule has 0 unspecified atom stereocenters. The van der Waals surface area contributed by atoms with Crippen LogP contribution in [0.5, 0.6) is 0 Å². The molecule has 1 aromatic carbocycles. The molecule has 2 rings (SSSR count). The average molecular weight is 252 g/mol. The zero-order valence-electron chi connectivity index (χ0n) is 10.9. The van der Waals surface area contributed by atoms with Crippen LogP contribution in [0.2, 0.25) is 0 Å². The molecule has 0 saturated carbocycles. The molecule has 1 heterocycles. The molecular weight excluding hydrogens is 235 g/mol. The van der Waals surface area contributed by atoms with Crippen molar-refractivity contribution >= 4 is 5.84 Å². The van der Waals surface area contributed by atoms with Gasteiger partial charge in [0.15, 0.2) is 5.54 Å². The van der Waals surface area contributed by atoms with E-state index in [2.05, 4.69) is 0 Å². The molecular formula is C13H17FN2O2. The van der Waals surface area contributed by atoms with Gasteiger partial charge in [-0.3, -0.25) is 4.74 Å². The third kappa shape index (κ3) is 1.43. The maximum absolute atomic E-state index is 13.8. The number of hydroxylamine groups is 3. The highest BCUT2D eigenvalue weighted by atomic mass is 19.1. The fourth-order valence-electron chi connectivity index (χ4n) is 1.99. The van der Waals surface area contributed by atoms with E-state index in [4.69, 9.17) is 0 Å². The minimum absolute atomic E-state index is 0.0527. The third-order valence-corrected chi connectivity index (χ3v) is 4.04. The minimum atomic E-state index is -0.862. The highest BCUT2D eigenvalue weighted by Gasteiger charge is 2.59. The zero-order chi connectivity index (χ0) is 13.7. The monoisotopic (exact) mass is 252 g/mol. The van der Waals surface area contributed by atoms with Crippen LogP contribution in [-0.4, -0.2) is 31.9 Å². The van der Waals surface area contributed by atoms with Crippen LogP contribution in [0.3, 0.4) is 0 Å². The summed E-state index contributed by atoms with van der Waals surface area (Å²) < 4.78 is 14.4. The number of rotatable bonds is 1. The van der Waals surface area contributed by atoms with Gasteiger partial charge in [0, 0.05) is 0 Å². The van der Waals surface area contributed by atoms with E-state index >= 15 is 0 Å². The van der Waals surface area contributed by atoms with Crippen LogP contribution in [0.4, 0.5) is 4.39 Å². The second-order valence-corrected chi connectivity index (χ2v) is 5.53. The van der Waals surface area contributed by atoms with Crippen LogP contribution in [0.25, 0.3) is 0 Å². The Balaban J connectivity index is 2.66. The van der Waals surface area contributed by atoms with Gasteiger partial charge in [0.2, 0.25) is 0 Å². The molecule has 0 spiro atoms. The van der Waals surface area contributed by atoms with Crippen molar-refractivity contribution in [3.8, 4) is 0 Å². The molecule has 0 fully saturated rings. The largest absolute Gasteiger partial charge is 0.714 e. The fraction of sp³-hybridized carbons (Fsp3) is 0.462. The fourth-order valence-corrected chi connectivity index (χ4v) is 1.99. The summed E-state index contributed by atoms with van der Waals surface area (Å²) in [6.07, 6.45) is 0. The van der Waals surface area contributed by atoms with E-state index in [0.717, 1.165) is 5.06 Å². The van der Waals surface area contributed by atoms with E-state index in [-0.39, 0.29) is 11.4 Å². The molecule has 0 radical (unpaired) electrons. The number of halogens is 1. The highest BCUT2D eigenvalue weighted by Crippen LogP contribution is 2.37. The van der Waals surface area contributed by atoms with E-state index in [1.54, 1.807) is 39.8 Å². The van der Waals surface area contributed by atoms with Crippen molar-refractivity contribution in [3.63, 3.8) is 0 Å². The number of hydrogen-bond acceptors (Lipinski definition) is 3. The summed E-state index contributed by atoms with van der Waals surface area (Å²) in [4.78, 5) is 0.